The van der Waals surface area contributed by atoms with Crippen molar-refractivity contribution in [3.05, 3.63) is 0 Å². The fraction of sp³-hybridized carbons (Fsp3) is 1.00. The zero-order chi connectivity index (χ0) is 19.6. The molecule has 0 rings (SSSR count). The van der Waals surface area contributed by atoms with Gasteiger partial charge >= 0.3 is 0 Å². The van der Waals surface area contributed by atoms with Gasteiger partial charge in [0.1, 0.15) is 0 Å². The van der Waals surface area contributed by atoms with Crippen molar-refractivity contribution in [1.82, 2.24) is 0 Å². The first kappa shape index (κ1) is 27.1. The molecule has 0 aliphatic heterocycles. The molecule has 0 atom stereocenters. The van der Waals surface area contributed by atoms with Gasteiger partial charge < -0.3 is 10.2 Å². The molecule has 2 N–H and O–H groups in total. The highest BCUT2D eigenvalue weighted by Crippen LogP contribution is 2.22. The average Bonchev–Trinajstić information content (AvgIpc) is 2.48. The van der Waals surface area contributed by atoms with Crippen LogP contribution in [0.15, 0.2) is 0 Å². The van der Waals surface area contributed by atoms with Crippen LogP contribution in [-0.2, 0) is 0 Å². The van der Waals surface area contributed by atoms with Gasteiger partial charge in [0.15, 0.2) is 0 Å². The molecule has 25 heavy (non-hydrogen) atoms. The molecule has 0 aromatic rings. The molecule has 0 aromatic carbocycles. The number of hydrogen-bond acceptors (Lipinski definition) is 2. The molecule has 154 valence electrons. The van der Waals surface area contributed by atoms with E-state index in [0.29, 0.717) is 12.0 Å². The monoisotopic (exact) mass is 358 g/mol. The maximum atomic E-state index is 9.42. The second kappa shape index (κ2) is 17.3. The third-order valence-corrected chi connectivity index (χ3v) is 4.48. The van der Waals surface area contributed by atoms with Crippen molar-refractivity contribution >= 4 is 0 Å². The summed E-state index contributed by atoms with van der Waals surface area (Å²) in [5.41, 5.74) is 0.0514. The predicted octanol–water partition coefficient (Wildman–Crippen LogP) is 7.26. The first-order valence-electron chi connectivity index (χ1n) is 11.0. The maximum absolute atomic E-state index is 9.42. The van der Waals surface area contributed by atoms with E-state index in [1.807, 2.05) is 13.8 Å². The zero-order valence-electron chi connectivity index (χ0n) is 18.5. The minimum absolute atomic E-state index is 0.363. The van der Waals surface area contributed by atoms with Gasteiger partial charge in [-0.1, -0.05) is 98.3 Å². The SMILES string of the molecule is CC(C)(C)CCCCCCCCO.CCCCCCCCC(C)(C)O. The van der Waals surface area contributed by atoms with Crippen molar-refractivity contribution in [2.24, 2.45) is 5.41 Å². The molecule has 0 radical (unpaired) electrons. The number of aliphatic hydroxyl groups is 2. The Bertz CT molecular complexity index is 248. The van der Waals surface area contributed by atoms with Gasteiger partial charge in [0.2, 0.25) is 0 Å². The Labute approximate surface area is 159 Å². The lowest BCUT2D eigenvalue weighted by Crippen LogP contribution is -2.17. The van der Waals surface area contributed by atoms with Crippen LogP contribution < -0.4 is 0 Å². The minimum Gasteiger partial charge on any atom is -0.396 e. The Hall–Kier alpha value is -0.0800. The van der Waals surface area contributed by atoms with E-state index in [9.17, 15) is 5.11 Å². The van der Waals surface area contributed by atoms with E-state index in [0.717, 1.165) is 12.8 Å². The third kappa shape index (κ3) is 32.1. The first-order valence-corrected chi connectivity index (χ1v) is 11.0. The summed E-state index contributed by atoms with van der Waals surface area (Å²) < 4.78 is 0. The Balaban J connectivity index is 0. The van der Waals surface area contributed by atoms with Gasteiger partial charge in [0.05, 0.1) is 5.60 Å². The number of hydrogen-bond donors (Lipinski definition) is 2. The smallest absolute Gasteiger partial charge is 0.0591 e. The van der Waals surface area contributed by atoms with Gasteiger partial charge in [0, 0.05) is 6.61 Å². The molecule has 0 aliphatic rings. The fourth-order valence-corrected chi connectivity index (χ4v) is 2.81. The number of unbranched alkanes of at least 4 members (excludes halogenated alkanes) is 10. The van der Waals surface area contributed by atoms with E-state index in [-0.39, 0.29) is 0 Å². The summed E-state index contributed by atoms with van der Waals surface area (Å²) in [7, 11) is 0. The summed E-state index contributed by atoms with van der Waals surface area (Å²) >= 11 is 0. The minimum atomic E-state index is -0.454. The van der Waals surface area contributed by atoms with Crippen LogP contribution in [0.5, 0.6) is 0 Å². The van der Waals surface area contributed by atoms with Gasteiger partial charge in [-0.05, 0) is 38.5 Å². The van der Waals surface area contributed by atoms with Crippen LogP contribution in [0.1, 0.15) is 131 Å². The van der Waals surface area contributed by atoms with Crippen LogP contribution in [0.4, 0.5) is 0 Å². The van der Waals surface area contributed by atoms with Gasteiger partial charge in [-0.2, -0.15) is 0 Å². The van der Waals surface area contributed by atoms with E-state index >= 15 is 0 Å². The maximum Gasteiger partial charge on any atom is 0.0591 e. The molecule has 0 amide bonds. The van der Waals surface area contributed by atoms with Gasteiger partial charge in [-0.15, -0.1) is 0 Å². The highest BCUT2D eigenvalue weighted by atomic mass is 16.3. The molecular formula is C23H50O2. The molecule has 0 aromatic heterocycles. The molecule has 0 saturated heterocycles. The van der Waals surface area contributed by atoms with E-state index in [1.165, 1.54) is 77.0 Å². The van der Waals surface area contributed by atoms with Crippen LogP contribution in [0.3, 0.4) is 0 Å². The highest BCUT2D eigenvalue weighted by molar-refractivity contribution is 4.64. The molecule has 2 nitrogen and oxygen atoms in total. The highest BCUT2D eigenvalue weighted by Gasteiger charge is 2.10. The molecular weight excluding hydrogens is 308 g/mol. The molecule has 0 spiro atoms. The number of rotatable bonds is 14. The fourth-order valence-electron chi connectivity index (χ4n) is 2.81. The van der Waals surface area contributed by atoms with Crippen LogP contribution in [-0.4, -0.2) is 22.4 Å². The Morgan fingerprint density at radius 3 is 1.36 bits per heavy atom. The zero-order valence-corrected chi connectivity index (χ0v) is 18.5. The Morgan fingerprint density at radius 2 is 0.960 bits per heavy atom. The molecule has 0 aliphatic carbocycles. The van der Waals surface area contributed by atoms with Crippen molar-refractivity contribution in [3.63, 3.8) is 0 Å². The topological polar surface area (TPSA) is 40.5 Å². The molecule has 0 fully saturated rings. The second-order valence-corrected chi connectivity index (χ2v) is 9.49. The first-order chi connectivity index (χ1) is 11.6. The lowest BCUT2D eigenvalue weighted by Gasteiger charge is -2.17. The largest absolute Gasteiger partial charge is 0.396 e. The van der Waals surface area contributed by atoms with Gasteiger partial charge in [-0.25, -0.2) is 0 Å². The van der Waals surface area contributed by atoms with E-state index in [1.54, 1.807) is 0 Å². The summed E-state index contributed by atoms with van der Waals surface area (Å²) in [5.74, 6) is 0. The second-order valence-electron chi connectivity index (χ2n) is 9.49. The quantitative estimate of drug-likeness (QED) is 0.321. The molecule has 2 heteroatoms. The van der Waals surface area contributed by atoms with Crippen molar-refractivity contribution < 1.29 is 10.2 Å². The molecule has 0 heterocycles. The summed E-state index contributed by atoms with van der Waals surface area (Å²) in [4.78, 5) is 0. The van der Waals surface area contributed by atoms with Crippen LogP contribution in [0.2, 0.25) is 0 Å². The van der Waals surface area contributed by atoms with Crippen molar-refractivity contribution in [1.29, 1.82) is 0 Å². The molecule has 0 saturated carbocycles. The summed E-state index contributed by atoms with van der Waals surface area (Å²) in [6.07, 6.45) is 17.7. The average molecular weight is 359 g/mol. The van der Waals surface area contributed by atoms with Crippen molar-refractivity contribution in [3.8, 4) is 0 Å². The number of aliphatic hydroxyl groups excluding tert-OH is 1. The van der Waals surface area contributed by atoms with Gasteiger partial charge in [0.25, 0.3) is 0 Å². The predicted molar refractivity (Wildman–Crippen MR) is 113 cm³/mol. The van der Waals surface area contributed by atoms with E-state index < -0.39 is 5.60 Å². The normalized spacial score (nSPS) is 12.0. The Kier molecular flexibility index (Phi) is 18.8. The summed E-state index contributed by atoms with van der Waals surface area (Å²) in [5, 5.41) is 18.0. The van der Waals surface area contributed by atoms with E-state index in [2.05, 4.69) is 27.7 Å². The lowest BCUT2D eigenvalue weighted by molar-refractivity contribution is 0.0680. The molecule has 0 bridgehead atoms. The van der Waals surface area contributed by atoms with Crippen molar-refractivity contribution in [2.45, 2.75) is 137 Å². The lowest BCUT2D eigenvalue weighted by atomic mass is 9.89. The summed E-state index contributed by atoms with van der Waals surface area (Å²) in [6.45, 7) is 13.3. The third-order valence-electron chi connectivity index (χ3n) is 4.48. The van der Waals surface area contributed by atoms with Crippen LogP contribution in [0, 0.1) is 5.41 Å². The molecule has 0 unspecified atom stereocenters. The van der Waals surface area contributed by atoms with Gasteiger partial charge in [-0.3, -0.25) is 0 Å². The Morgan fingerprint density at radius 1 is 0.560 bits per heavy atom. The van der Waals surface area contributed by atoms with Crippen LogP contribution in [0.25, 0.3) is 0 Å². The van der Waals surface area contributed by atoms with E-state index in [4.69, 9.17) is 5.11 Å². The van der Waals surface area contributed by atoms with Crippen molar-refractivity contribution in [2.75, 3.05) is 6.61 Å². The van der Waals surface area contributed by atoms with Crippen LogP contribution >= 0.6 is 0 Å². The standard InChI is InChI=1S/C12H26O.C11H24O/c1-12(2,3)10-8-6-4-5-7-9-11-13;1-4-5-6-7-8-9-10-11(2,3)12/h13H,4-11H2,1-3H3;12H,4-10H2,1-3H3. The summed E-state index contributed by atoms with van der Waals surface area (Å²) in [6, 6.07) is 0.